The second-order valence-electron chi connectivity index (χ2n) is 5.75. The van der Waals surface area contributed by atoms with Crippen molar-refractivity contribution in [3.63, 3.8) is 0 Å². The number of aliphatic imine (C=N–C) groups is 1. The summed E-state index contributed by atoms with van der Waals surface area (Å²) in [6.07, 6.45) is 1.70. The molecule has 0 saturated heterocycles. The monoisotopic (exact) mass is 449 g/mol. The Morgan fingerprint density at radius 3 is 2.62 bits per heavy atom. The van der Waals surface area contributed by atoms with Crippen molar-refractivity contribution in [2.24, 2.45) is 4.99 Å². The molecule has 0 aliphatic heterocycles. The zero-order chi connectivity index (χ0) is 17.1. The lowest BCUT2D eigenvalue weighted by Crippen LogP contribution is -2.38. The molecule has 0 amide bonds. The number of hydrogen-bond acceptors (Lipinski definition) is 3. The number of benzene rings is 1. The average Bonchev–Trinajstić information content (AvgIpc) is 2.52. The van der Waals surface area contributed by atoms with Gasteiger partial charge in [-0.05, 0) is 44.9 Å². The predicted octanol–water partition coefficient (Wildman–Crippen LogP) is 3.48. The molecule has 1 aromatic rings. The number of ether oxygens (including phenoxy) is 1. The number of aliphatic hydroxyl groups excluding tert-OH is 1. The first-order valence-corrected chi connectivity index (χ1v) is 8.53. The number of nitrogens with one attached hydrogen (secondary N) is 2. The molecule has 0 radical (unpaired) electrons. The number of guanidine groups is 1. The van der Waals surface area contributed by atoms with Gasteiger partial charge in [0.25, 0.3) is 0 Å². The molecule has 24 heavy (non-hydrogen) atoms. The van der Waals surface area contributed by atoms with Gasteiger partial charge in [-0.1, -0.05) is 25.5 Å². The van der Waals surface area contributed by atoms with Crippen LogP contribution in [0.1, 0.15) is 52.2 Å². The second kappa shape index (κ2) is 13.3. The Morgan fingerprint density at radius 2 is 2.00 bits per heavy atom. The summed E-state index contributed by atoms with van der Waals surface area (Å²) >= 11 is 0. The first kappa shape index (κ1) is 23.0. The van der Waals surface area contributed by atoms with E-state index in [4.69, 9.17) is 4.74 Å². The molecule has 0 fully saturated rings. The van der Waals surface area contributed by atoms with Gasteiger partial charge in [-0.2, -0.15) is 0 Å². The van der Waals surface area contributed by atoms with Crippen LogP contribution in [0.4, 0.5) is 0 Å². The highest BCUT2D eigenvalue weighted by molar-refractivity contribution is 14.0. The van der Waals surface area contributed by atoms with Crippen molar-refractivity contribution in [3.8, 4) is 5.75 Å². The fourth-order valence-corrected chi connectivity index (χ4v) is 2.08. The first-order valence-electron chi connectivity index (χ1n) is 8.53. The molecule has 0 bridgehead atoms. The molecule has 5 nitrogen and oxygen atoms in total. The highest BCUT2D eigenvalue weighted by Crippen LogP contribution is 2.20. The number of aliphatic hydroxyl groups is 1. The number of halogens is 1. The molecule has 3 N–H and O–H groups in total. The summed E-state index contributed by atoms with van der Waals surface area (Å²) < 4.78 is 5.66. The van der Waals surface area contributed by atoms with Gasteiger partial charge < -0.3 is 20.5 Å². The summed E-state index contributed by atoms with van der Waals surface area (Å²) in [5, 5.41) is 16.8. The predicted molar refractivity (Wildman–Crippen MR) is 111 cm³/mol. The van der Waals surface area contributed by atoms with E-state index in [1.165, 1.54) is 0 Å². The Morgan fingerprint density at radius 1 is 1.25 bits per heavy atom. The second-order valence-corrected chi connectivity index (χ2v) is 5.75. The Balaban J connectivity index is 0.00000529. The number of hydrogen-bond donors (Lipinski definition) is 3. The van der Waals surface area contributed by atoms with Crippen molar-refractivity contribution < 1.29 is 9.84 Å². The highest BCUT2D eigenvalue weighted by atomic mass is 127. The van der Waals surface area contributed by atoms with E-state index in [0.717, 1.165) is 43.2 Å². The molecule has 0 spiro atoms. The van der Waals surface area contributed by atoms with Gasteiger partial charge in [0.15, 0.2) is 5.96 Å². The van der Waals surface area contributed by atoms with Gasteiger partial charge in [0.05, 0.1) is 18.8 Å². The SMILES string of the molecule is CCCCNC(=NCC(O)c1cccc(OC(C)C)c1)NCC.I. The fraction of sp³-hybridized carbons (Fsp3) is 0.611. The van der Waals surface area contributed by atoms with Gasteiger partial charge in [-0.25, -0.2) is 0 Å². The van der Waals surface area contributed by atoms with Gasteiger partial charge in [0.2, 0.25) is 0 Å². The van der Waals surface area contributed by atoms with Crippen LogP contribution in [-0.2, 0) is 0 Å². The van der Waals surface area contributed by atoms with Crippen molar-refractivity contribution in [1.82, 2.24) is 10.6 Å². The summed E-state index contributed by atoms with van der Waals surface area (Å²) in [5.41, 5.74) is 0.816. The van der Waals surface area contributed by atoms with E-state index in [9.17, 15) is 5.11 Å². The zero-order valence-electron chi connectivity index (χ0n) is 15.2. The van der Waals surface area contributed by atoms with Crippen molar-refractivity contribution in [2.75, 3.05) is 19.6 Å². The topological polar surface area (TPSA) is 65.9 Å². The standard InChI is InChI=1S/C18H31N3O2.HI/c1-5-7-11-20-18(19-6-2)21-13-17(22)15-9-8-10-16(12-15)23-14(3)4;/h8-10,12,14,17,22H,5-7,11,13H2,1-4H3,(H2,19,20,21);1H. The third-order valence-electron chi connectivity index (χ3n) is 3.20. The molecule has 0 saturated carbocycles. The normalized spacial score (nSPS) is 12.5. The lowest BCUT2D eigenvalue weighted by Gasteiger charge is -2.15. The van der Waals surface area contributed by atoms with Crippen LogP contribution < -0.4 is 15.4 Å². The minimum Gasteiger partial charge on any atom is -0.491 e. The number of unbranched alkanes of at least 4 members (excludes halogenated alkanes) is 1. The Kier molecular flexibility index (Phi) is 12.7. The molecule has 0 aliphatic rings. The summed E-state index contributed by atoms with van der Waals surface area (Å²) in [4.78, 5) is 4.46. The molecule has 1 rings (SSSR count). The number of rotatable bonds is 9. The van der Waals surface area contributed by atoms with Crippen LogP contribution in [0.2, 0.25) is 0 Å². The van der Waals surface area contributed by atoms with E-state index in [-0.39, 0.29) is 30.1 Å². The van der Waals surface area contributed by atoms with Gasteiger partial charge in [-0.3, -0.25) is 4.99 Å². The molecule has 138 valence electrons. The van der Waals surface area contributed by atoms with E-state index < -0.39 is 6.10 Å². The summed E-state index contributed by atoms with van der Waals surface area (Å²) in [6, 6.07) is 7.56. The van der Waals surface area contributed by atoms with E-state index in [0.29, 0.717) is 6.54 Å². The van der Waals surface area contributed by atoms with Gasteiger partial charge in [0.1, 0.15) is 5.75 Å². The van der Waals surface area contributed by atoms with Crippen LogP contribution in [0.25, 0.3) is 0 Å². The summed E-state index contributed by atoms with van der Waals surface area (Å²) in [5.74, 6) is 1.52. The maximum atomic E-state index is 10.3. The van der Waals surface area contributed by atoms with Crippen molar-refractivity contribution >= 4 is 29.9 Å². The van der Waals surface area contributed by atoms with Crippen molar-refractivity contribution in [1.29, 1.82) is 0 Å². The molecule has 0 aliphatic carbocycles. The Bertz CT molecular complexity index is 481. The van der Waals surface area contributed by atoms with Crippen LogP contribution in [0.3, 0.4) is 0 Å². The maximum absolute atomic E-state index is 10.3. The van der Waals surface area contributed by atoms with Crippen molar-refractivity contribution in [3.05, 3.63) is 29.8 Å². The van der Waals surface area contributed by atoms with Crippen LogP contribution in [0.5, 0.6) is 5.75 Å². The fourth-order valence-electron chi connectivity index (χ4n) is 2.08. The zero-order valence-corrected chi connectivity index (χ0v) is 17.5. The van der Waals surface area contributed by atoms with E-state index in [1.807, 2.05) is 45.0 Å². The lowest BCUT2D eigenvalue weighted by molar-refractivity contribution is 0.185. The Hall–Kier alpha value is -1.02. The molecule has 0 heterocycles. The van der Waals surface area contributed by atoms with Crippen molar-refractivity contribution in [2.45, 2.75) is 52.7 Å². The number of nitrogens with zero attached hydrogens (tertiary/aromatic N) is 1. The minimum absolute atomic E-state index is 0. The molecular formula is C18H32IN3O2. The van der Waals surface area contributed by atoms with Gasteiger partial charge in [-0.15, -0.1) is 24.0 Å². The lowest BCUT2D eigenvalue weighted by atomic mass is 10.1. The first-order chi connectivity index (χ1) is 11.1. The molecule has 1 atom stereocenters. The quantitative estimate of drug-likeness (QED) is 0.234. The van der Waals surface area contributed by atoms with Gasteiger partial charge >= 0.3 is 0 Å². The van der Waals surface area contributed by atoms with E-state index >= 15 is 0 Å². The average molecular weight is 449 g/mol. The molecule has 1 aromatic carbocycles. The largest absolute Gasteiger partial charge is 0.491 e. The van der Waals surface area contributed by atoms with Crippen LogP contribution in [-0.4, -0.2) is 36.8 Å². The summed E-state index contributed by atoms with van der Waals surface area (Å²) in [6.45, 7) is 10.1. The minimum atomic E-state index is -0.646. The van der Waals surface area contributed by atoms with E-state index in [1.54, 1.807) is 0 Å². The molecule has 6 heteroatoms. The van der Waals surface area contributed by atoms with E-state index in [2.05, 4.69) is 22.5 Å². The molecule has 0 aromatic heterocycles. The Labute approximate surface area is 163 Å². The summed E-state index contributed by atoms with van der Waals surface area (Å²) in [7, 11) is 0. The van der Waals surface area contributed by atoms with Crippen LogP contribution in [0.15, 0.2) is 29.3 Å². The van der Waals surface area contributed by atoms with Gasteiger partial charge in [0, 0.05) is 13.1 Å². The third-order valence-corrected chi connectivity index (χ3v) is 3.20. The third kappa shape index (κ3) is 9.32. The molecular weight excluding hydrogens is 417 g/mol. The maximum Gasteiger partial charge on any atom is 0.191 e. The highest BCUT2D eigenvalue weighted by Gasteiger charge is 2.09. The van der Waals surface area contributed by atoms with Crippen LogP contribution >= 0.6 is 24.0 Å². The smallest absolute Gasteiger partial charge is 0.191 e. The molecule has 1 unspecified atom stereocenters. The van der Waals surface area contributed by atoms with Crippen LogP contribution in [0, 0.1) is 0 Å².